The Kier molecular flexibility index (Phi) is 6.45. The molecule has 6 heteroatoms. The molecule has 3 rings (SSSR count). The van der Waals surface area contributed by atoms with Gasteiger partial charge in [0.15, 0.2) is 0 Å². The van der Waals surface area contributed by atoms with Crippen LogP contribution in [0.1, 0.15) is 30.9 Å². The summed E-state index contributed by atoms with van der Waals surface area (Å²) in [5.41, 5.74) is 3.42. The van der Waals surface area contributed by atoms with Crippen molar-refractivity contribution in [3.8, 4) is 0 Å². The van der Waals surface area contributed by atoms with Crippen molar-refractivity contribution in [2.75, 3.05) is 13.1 Å². The van der Waals surface area contributed by atoms with Crippen LogP contribution in [0, 0.1) is 0 Å². The second-order valence-corrected chi connectivity index (χ2v) is 6.73. The third-order valence-electron chi connectivity index (χ3n) is 4.79. The standard InChI is InChI=1S/C22H26N4O2/c1-3-23-22(28)26-21(27)15(2)24-13-18(16-9-5-4-6-10-16)19-14-25-20-12-8-7-11-17(19)20/h4-12,14-15,18,24-25H,3,13H2,1-2H3,(H2,23,26,27,28). The van der Waals surface area contributed by atoms with Gasteiger partial charge in [0, 0.05) is 36.1 Å². The average molecular weight is 378 g/mol. The van der Waals surface area contributed by atoms with Crippen LogP contribution in [0.25, 0.3) is 10.9 Å². The molecule has 146 valence electrons. The molecule has 0 saturated carbocycles. The van der Waals surface area contributed by atoms with Gasteiger partial charge in [0.25, 0.3) is 0 Å². The quantitative estimate of drug-likeness (QED) is 0.509. The van der Waals surface area contributed by atoms with Gasteiger partial charge in [-0.2, -0.15) is 0 Å². The van der Waals surface area contributed by atoms with E-state index in [4.69, 9.17) is 0 Å². The minimum absolute atomic E-state index is 0.0667. The highest BCUT2D eigenvalue weighted by molar-refractivity contribution is 5.96. The maximum Gasteiger partial charge on any atom is 0.321 e. The zero-order valence-corrected chi connectivity index (χ0v) is 16.2. The van der Waals surface area contributed by atoms with Crippen molar-refractivity contribution in [3.63, 3.8) is 0 Å². The van der Waals surface area contributed by atoms with E-state index in [9.17, 15) is 9.59 Å². The van der Waals surface area contributed by atoms with E-state index in [1.807, 2.05) is 36.5 Å². The van der Waals surface area contributed by atoms with Crippen LogP contribution in [0.5, 0.6) is 0 Å². The normalized spacial score (nSPS) is 13.1. The summed E-state index contributed by atoms with van der Waals surface area (Å²) >= 11 is 0. The lowest BCUT2D eigenvalue weighted by molar-refractivity contribution is -0.121. The van der Waals surface area contributed by atoms with Gasteiger partial charge in [-0.3, -0.25) is 10.1 Å². The highest BCUT2D eigenvalue weighted by Crippen LogP contribution is 2.30. The third-order valence-corrected chi connectivity index (χ3v) is 4.79. The van der Waals surface area contributed by atoms with E-state index in [2.05, 4.69) is 45.2 Å². The fourth-order valence-electron chi connectivity index (χ4n) is 3.29. The summed E-state index contributed by atoms with van der Waals surface area (Å²) in [5.74, 6) is -0.284. The molecule has 1 heterocycles. The number of H-pyrrole nitrogens is 1. The number of aromatic nitrogens is 1. The minimum atomic E-state index is -0.501. The first kappa shape index (κ1) is 19.6. The molecule has 0 aliphatic carbocycles. The zero-order chi connectivity index (χ0) is 19.9. The van der Waals surface area contributed by atoms with E-state index >= 15 is 0 Å². The van der Waals surface area contributed by atoms with Gasteiger partial charge < -0.3 is 15.6 Å². The molecular weight excluding hydrogens is 352 g/mol. The number of hydrogen-bond donors (Lipinski definition) is 4. The highest BCUT2D eigenvalue weighted by Gasteiger charge is 2.21. The van der Waals surface area contributed by atoms with Crippen LogP contribution < -0.4 is 16.0 Å². The molecule has 0 aliphatic heterocycles. The van der Waals surface area contributed by atoms with E-state index in [1.165, 1.54) is 5.56 Å². The number of benzene rings is 2. The maximum atomic E-state index is 12.2. The van der Waals surface area contributed by atoms with Crippen molar-refractivity contribution in [3.05, 3.63) is 71.9 Å². The molecule has 3 amide bonds. The molecule has 0 bridgehead atoms. The van der Waals surface area contributed by atoms with Crippen LogP contribution in [-0.4, -0.2) is 36.1 Å². The van der Waals surface area contributed by atoms with Crippen LogP contribution in [0.2, 0.25) is 0 Å². The number of nitrogens with one attached hydrogen (secondary N) is 4. The molecule has 1 aromatic heterocycles. The number of aromatic amines is 1. The number of amides is 3. The summed E-state index contributed by atoms with van der Waals surface area (Å²) in [7, 11) is 0. The number of hydrogen-bond acceptors (Lipinski definition) is 3. The Labute approximate surface area is 164 Å². The average Bonchev–Trinajstić information content (AvgIpc) is 3.13. The summed E-state index contributed by atoms with van der Waals surface area (Å²) in [4.78, 5) is 27.1. The fraction of sp³-hybridized carbons (Fsp3) is 0.273. The van der Waals surface area contributed by atoms with Crippen molar-refractivity contribution in [2.45, 2.75) is 25.8 Å². The molecule has 6 nitrogen and oxygen atoms in total. The van der Waals surface area contributed by atoms with Crippen LogP contribution in [0.15, 0.2) is 60.8 Å². The van der Waals surface area contributed by atoms with E-state index < -0.39 is 12.1 Å². The molecule has 2 aromatic carbocycles. The molecule has 2 atom stereocenters. The van der Waals surface area contributed by atoms with E-state index in [0.29, 0.717) is 13.1 Å². The molecule has 4 N–H and O–H groups in total. The Bertz CT molecular complexity index is 936. The SMILES string of the molecule is CCNC(=O)NC(=O)C(C)NCC(c1ccccc1)c1c[nH]c2ccccc12. The fourth-order valence-corrected chi connectivity index (χ4v) is 3.29. The third kappa shape index (κ3) is 4.58. The molecule has 0 aliphatic rings. The second kappa shape index (κ2) is 9.19. The summed E-state index contributed by atoms with van der Waals surface area (Å²) in [6.07, 6.45) is 2.03. The lowest BCUT2D eigenvalue weighted by Crippen LogP contribution is -2.48. The molecule has 3 aromatic rings. The first-order valence-corrected chi connectivity index (χ1v) is 9.53. The van der Waals surface area contributed by atoms with E-state index in [1.54, 1.807) is 13.8 Å². The molecular formula is C22H26N4O2. The number of fused-ring (bicyclic) bond motifs is 1. The summed E-state index contributed by atoms with van der Waals surface area (Å²) in [6, 6.07) is 17.4. The number of imide groups is 1. The van der Waals surface area contributed by atoms with Gasteiger partial charge in [-0.25, -0.2) is 4.79 Å². The highest BCUT2D eigenvalue weighted by atomic mass is 16.2. The van der Waals surface area contributed by atoms with Gasteiger partial charge in [-0.05, 0) is 31.0 Å². The number of rotatable bonds is 7. The minimum Gasteiger partial charge on any atom is -0.361 e. The lowest BCUT2D eigenvalue weighted by Gasteiger charge is -2.21. The van der Waals surface area contributed by atoms with Crippen molar-refractivity contribution < 1.29 is 9.59 Å². The predicted octanol–water partition coefficient (Wildman–Crippen LogP) is 3.12. The van der Waals surface area contributed by atoms with Gasteiger partial charge in [-0.15, -0.1) is 0 Å². The Morgan fingerprint density at radius 1 is 1.04 bits per heavy atom. The van der Waals surface area contributed by atoms with E-state index in [0.717, 1.165) is 16.5 Å². The first-order valence-electron chi connectivity index (χ1n) is 9.53. The summed E-state index contributed by atoms with van der Waals surface area (Å²) in [5, 5.41) is 9.35. The monoisotopic (exact) mass is 378 g/mol. The number of para-hydroxylation sites is 1. The predicted molar refractivity (Wildman–Crippen MR) is 111 cm³/mol. The van der Waals surface area contributed by atoms with Crippen LogP contribution >= 0.6 is 0 Å². The number of urea groups is 1. The zero-order valence-electron chi connectivity index (χ0n) is 16.2. The summed E-state index contributed by atoms with van der Waals surface area (Å²) in [6.45, 7) is 4.59. The van der Waals surface area contributed by atoms with Crippen molar-refractivity contribution >= 4 is 22.8 Å². The van der Waals surface area contributed by atoms with Gasteiger partial charge in [0.1, 0.15) is 0 Å². The van der Waals surface area contributed by atoms with Gasteiger partial charge in [0.05, 0.1) is 6.04 Å². The van der Waals surface area contributed by atoms with Crippen molar-refractivity contribution in [2.24, 2.45) is 0 Å². The Hall–Kier alpha value is -3.12. The smallest absolute Gasteiger partial charge is 0.321 e. The molecule has 0 saturated heterocycles. The Morgan fingerprint density at radius 3 is 2.50 bits per heavy atom. The number of carbonyl (C=O) groups excluding carboxylic acids is 2. The molecule has 28 heavy (non-hydrogen) atoms. The van der Waals surface area contributed by atoms with Gasteiger partial charge in [-0.1, -0.05) is 48.5 Å². The van der Waals surface area contributed by atoms with Gasteiger partial charge >= 0.3 is 6.03 Å². The molecule has 2 unspecified atom stereocenters. The first-order chi connectivity index (χ1) is 13.6. The van der Waals surface area contributed by atoms with Crippen LogP contribution in [0.3, 0.4) is 0 Å². The maximum absolute atomic E-state index is 12.2. The Balaban J connectivity index is 1.78. The largest absolute Gasteiger partial charge is 0.361 e. The second-order valence-electron chi connectivity index (χ2n) is 6.73. The molecule has 0 spiro atoms. The van der Waals surface area contributed by atoms with Crippen LogP contribution in [0.4, 0.5) is 4.79 Å². The Morgan fingerprint density at radius 2 is 1.75 bits per heavy atom. The lowest BCUT2D eigenvalue weighted by atomic mass is 9.90. The molecule has 0 radical (unpaired) electrons. The summed E-state index contributed by atoms with van der Waals surface area (Å²) < 4.78 is 0. The van der Waals surface area contributed by atoms with E-state index in [-0.39, 0.29) is 11.8 Å². The van der Waals surface area contributed by atoms with Gasteiger partial charge in [0.2, 0.25) is 5.91 Å². The van der Waals surface area contributed by atoms with Crippen molar-refractivity contribution in [1.29, 1.82) is 0 Å². The molecule has 0 fully saturated rings. The van der Waals surface area contributed by atoms with Crippen molar-refractivity contribution in [1.82, 2.24) is 20.9 Å². The number of carbonyl (C=O) groups is 2. The van der Waals surface area contributed by atoms with Crippen LogP contribution in [-0.2, 0) is 4.79 Å². The topological polar surface area (TPSA) is 86.0 Å².